The van der Waals surface area contributed by atoms with E-state index < -0.39 is 0 Å². The standard InChI is InChI=1S/C9H10BrN3O/c10-9-7(2-1-3-12-9)13-5-6(11)4-8(13)14/h1-3,6H,4-5,11H2. The van der Waals surface area contributed by atoms with Gasteiger partial charge in [-0.3, -0.25) is 4.79 Å². The van der Waals surface area contributed by atoms with Crippen LogP contribution in [-0.2, 0) is 4.79 Å². The zero-order valence-electron chi connectivity index (χ0n) is 7.48. The Bertz CT molecular complexity index is 369. The molecule has 1 unspecified atom stereocenters. The summed E-state index contributed by atoms with van der Waals surface area (Å²) in [5.41, 5.74) is 6.50. The van der Waals surface area contributed by atoms with Crippen molar-refractivity contribution in [1.29, 1.82) is 0 Å². The average molecular weight is 256 g/mol. The van der Waals surface area contributed by atoms with Crippen LogP contribution in [0.2, 0.25) is 0 Å². The number of amides is 1. The van der Waals surface area contributed by atoms with Crippen LogP contribution >= 0.6 is 15.9 Å². The first kappa shape index (κ1) is 9.61. The number of rotatable bonds is 1. The van der Waals surface area contributed by atoms with Gasteiger partial charge in [0.25, 0.3) is 0 Å². The molecule has 1 aromatic rings. The molecule has 0 aromatic carbocycles. The summed E-state index contributed by atoms with van der Waals surface area (Å²) in [5, 5.41) is 0. The van der Waals surface area contributed by atoms with E-state index in [0.29, 0.717) is 17.6 Å². The molecule has 1 aromatic heterocycles. The predicted octanol–water partition coefficient (Wildman–Crippen LogP) is 0.908. The van der Waals surface area contributed by atoms with Crippen LogP contribution in [0.15, 0.2) is 22.9 Å². The molecule has 14 heavy (non-hydrogen) atoms. The van der Waals surface area contributed by atoms with E-state index in [1.54, 1.807) is 17.2 Å². The van der Waals surface area contributed by atoms with Crippen LogP contribution in [0.3, 0.4) is 0 Å². The van der Waals surface area contributed by atoms with E-state index in [0.717, 1.165) is 5.69 Å². The fraction of sp³-hybridized carbons (Fsp3) is 0.333. The largest absolute Gasteiger partial charge is 0.326 e. The van der Waals surface area contributed by atoms with E-state index >= 15 is 0 Å². The number of anilines is 1. The number of halogens is 1. The second-order valence-corrected chi connectivity index (χ2v) is 4.03. The van der Waals surface area contributed by atoms with Crippen molar-refractivity contribution in [2.24, 2.45) is 5.73 Å². The van der Waals surface area contributed by atoms with Crippen molar-refractivity contribution in [2.45, 2.75) is 12.5 Å². The lowest BCUT2D eigenvalue weighted by molar-refractivity contribution is -0.117. The van der Waals surface area contributed by atoms with E-state index in [9.17, 15) is 4.79 Å². The van der Waals surface area contributed by atoms with Crippen molar-refractivity contribution in [3.63, 3.8) is 0 Å². The van der Waals surface area contributed by atoms with Crippen LogP contribution in [0, 0.1) is 0 Å². The number of nitrogens with two attached hydrogens (primary N) is 1. The number of hydrogen-bond donors (Lipinski definition) is 1. The molecule has 1 amide bonds. The number of carbonyl (C=O) groups is 1. The minimum Gasteiger partial charge on any atom is -0.326 e. The molecule has 0 radical (unpaired) electrons. The Kier molecular flexibility index (Phi) is 2.52. The molecule has 0 bridgehead atoms. The van der Waals surface area contributed by atoms with Crippen LogP contribution in [0.25, 0.3) is 0 Å². The van der Waals surface area contributed by atoms with Gasteiger partial charge in [-0.25, -0.2) is 4.98 Å². The number of carbonyl (C=O) groups excluding carboxylic acids is 1. The first-order valence-electron chi connectivity index (χ1n) is 4.35. The molecule has 0 saturated carbocycles. The van der Waals surface area contributed by atoms with Crippen LogP contribution in [-0.4, -0.2) is 23.5 Å². The second-order valence-electron chi connectivity index (χ2n) is 3.28. The van der Waals surface area contributed by atoms with Gasteiger partial charge in [0.2, 0.25) is 5.91 Å². The van der Waals surface area contributed by atoms with Crippen LogP contribution in [0.5, 0.6) is 0 Å². The Labute approximate surface area is 90.2 Å². The van der Waals surface area contributed by atoms with Crippen molar-refractivity contribution in [2.75, 3.05) is 11.4 Å². The van der Waals surface area contributed by atoms with Crippen molar-refractivity contribution in [3.05, 3.63) is 22.9 Å². The molecule has 2 heterocycles. The molecular formula is C9H10BrN3O. The van der Waals surface area contributed by atoms with E-state index in [1.807, 2.05) is 6.07 Å². The highest BCUT2D eigenvalue weighted by Crippen LogP contribution is 2.26. The maximum Gasteiger partial charge on any atom is 0.228 e. The minimum absolute atomic E-state index is 0.0605. The third-order valence-corrected chi connectivity index (χ3v) is 2.80. The third kappa shape index (κ3) is 1.65. The molecule has 1 saturated heterocycles. The number of pyridine rings is 1. The van der Waals surface area contributed by atoms with Crippen LogP contribution in [0.4, 0.5) is 5.69 Å². The highest BCUT2D eigenvalue weighted by molar-refractivity contribution is 9.10. The Morgan fingerprint density at radius 1 is 1.64 bits per heavy atom. The summed E-state index contributed by atoms with van der Waals surface area (Å²) < 4.78 is 0.683. The summed E-state index contributed by atoms with van der Waals surface area (Å²) in [6.07, 6.45) is 2.09. The molecule has 1 aliphatic heterocycles. The zero-order valence-corrected chi connectivity index (χ0v) is 9.07. The van der Waals surface area contributed by atoms with Gasteiger partial charge < -0.3 is 10.6 Å². The molecule has 0 aliphatic carbocycles. The molecular weight excluding hydrogens is 246 g/mol. The van der Waals surface area contributed by atoms with Gasteiger partial charge in [0.15, 0.2) is 0 Å². The number of nitrogens with zero attached hydrogens (tertiary/aromatic N) is 2. The number of hydrogen-bond acceptors (Lipinski definition) is 3. The molecule has 1 fully saturated rings. The highest BCUT2D eigenvalue weighted by atomic mass is 79.9. The van der Waals surface area contributed by atoms with Crippen molar-refractivity contribution in [3.8, 4) is 0 Å². The summed E-state index contributed by atoms with van der Waals surface area (Å²) in [6, 6.07) is 3.60. The Morgan fingerprint density at radius 2 is 2.43 bits per heavy atom. The Balaban J connectivity index is 2.32. The van der Waals surface area contributed by atoms with Gasteiger partial charge in [-0.2, -0.15) is 0 Å². The van der Waals surface area contributed by atoms with Gasteiger partial charge in [-0.1, -0.05) is 0 Å². The maximum atomic E-state index is 11.5. The van der Waals surface area contributed by atoms with Crippen LogP contribution in [0.1, 0.15) is 6.42 Å². The fourth-order valence-electron chi connectivity index (χ4n) is 1.55. The molecule has 2 rings (SSSR count). The topological polar surface area (TPSA) is 59.2 Å². The Morgan fingerprint density at radius 3 is 3.00 bits per heavy atom. The maximum absolute atomic E-state index is 11.5. The predicted molar refractivity (Wildman–Crippen MR) is 56.9 cm³/mol. The molecule has 1 atom stereocenters. The molecule has 5 heteroatoms. The third-order valence-electron chi connectivity index (χ3n) is 2.19. The van der Waals surface area contributed by atoms with Gasteiger partial charge in [0.05, 0.1) is 5.69 Å². The molecule has 2 N–H and O–H groups in total. The average Bonchev–Trinajstić information content (AvgIpc) is 2.46. The first-order chi connectivity index (χ1) is 6.68. The SMILES string of the molecule is NC1CC(=O)N(c2cccnc2Br)C1. The lowest BCUT2D eigenvalue weighted by Crippen LogP contribution is -2.28. The van der Waals surface area contributed by atoms with Crippen molar-refractivity contribution < 1.29 is 4.79 Å². The normalized spacial score (nSPS) is 21.7. The van der Waals surface area contributed by atoms with Gasteiger partial charge in [-0.05, 0) is 28.1 Å². The summed E-state index contributed by atoms with van der Waals surface area (Å²) in [7, 11) is 0. The summed E-state index contributed by atoms with van der Waals surface area (Å²) in [6.45, 7) is 0.573. The fourth-order valence-corrected chi connectivity index (χ4v) is 2.01. The van der Waals surface area contributed by atoms with Crippen LogP contribution < -0.4 is 10.6 Å². The first-order valence-corrected chi connectivity index (χ1v) is 5.14. The zero-order chi connectivity index (χ0) is 10.1. The lowest BCUT2D eigenvalue weighted by atomic mass is 10.3. The molecule has 74 valence electrons. The summed E-state index contributed by atoms with van der Waals surface area (Å²) in [5.74, 6) is 0.0613. The van der Waals surface area contributed by atoms with Gasteiger partial charge in [0.1, 0.15) is 4.60 Å². The quantitative estimate of drug-likeness (QED) is 0.760. The van der Waals surface area contributed by atoms with Crippen molar-refractivity contribution in [1.82, 2.24) is 4.98 Å². The summed E-state index contributed by atoms with van der Waals surface area (Å²) in [4.78, 5) is 17.3. The second kappa shape index (κ2) is 3.67. The van der Waals surface area contributed by atoms with Crippen molar-refractivity contribution >= 4 is 27.5 Å². The smallest absolute Gasteiger partial charge is 0.228 e. The monoisotopic (exact) mass is 255 g/mol. The molecule has 4 nitrogen and oxygen atoms in total. The van der Waals surface area contributed by atoms with Gasteiger partial charge in [0, 0.05) is 25.2 Å². The van der Waals surface area contributed by atoms with E-state index in [1.165, 1.54) is 0 Å². The van der Waals surface area contributed by atoms with E-state index in [2.05, 4.69) is 20.9 Å². The molecule has 1 aliphatic rings. The Hall–Kier alpha value is -0.940. The highest BCUT2D eigenvalue weighted by Gasteiger charge is 2.29. The van der Waals surface area contributed by atoms with Gasteiger partial charge in [-0.15, -0.1) is 0 Å². The van der Waals surface area contributed by atoms with E-state index in [-0.39, 0.29) is 11.9 Å². The number of aromatic nitrogens is 1. The summed E-state index contributed by atoms with van der Waals surface area (Å²) >= 11 is 3.31. The molecule has 0 spiro atoms. The minimum atomic E-state index is -0.0605. The van der Waals surface area contributed by atoms with Gasteiger partial charge >= 0.3 is 0 Å². The van der Waals surface area contributed by atoms with E-state index in [4.69, 9.17) is 5.73 Å². The lowest BCUT2D eigenvalue weighted by Gasteiger charge is -2.16.